The normalized spacial score (nSPS) is 12.1. The smallest absolute Gasteiger partial charge is 0.328 e. The Kier molecular flexibility index (Phi) is 4.63. The van der Waals surface area contributed by atoms with Crippen LogP contribution in [0.25, 0.3) is 0 Å². The molecule has 0 aliphatic carbocycles. The summed E-state index contributed by atoms with van der Waals surface area (Å²) in [5, 5.41) is 8.69. The predicted molar refractivity (Wildman–Crippen MR) is 58.7 cm³/mol. The number of rotatable bonds is 5. The van der Waals surface area contributed by atoms with Gasteiger partial charge >= 0.3 is 5.69 Å². The van der Waals surface area contributed by atoms with Crippen LogP contribution >= 0.6 is 0 Å². The monoisotopic (exact) mass is 239 g/mol. The first-order chi connectivity index (χ1) is 8.12. The Hall–Kier alpha value is -1.91. The minimum Gasteiger partial charge on any atom is -0.382 e. The first-order valence-corrected chi connectivity index (χ1v) is 4.88. The van der Waals surface area contributed by atoms with E-state index in [1.165, 1.54) is 25.0 Å². The Bertz CT molecular complexity index is 526. The number of nitrogens with one attached hydrogen (secondary N) is 1. The van der Waals surface area contributed by atoms with Crippen molar-refractivity contribution >= 4 is 0 Å². The summed E-state index contributed by atoms with van der Waals surface area (Å²) < 4.78 is 11.2. The van der Waals surface area contributed by atoms with E-state index < -0.39 is 11.2 Å². The summed E-state index contributed by atoms with van der Waals surface area (Å²) in [5.41, 5.74) is -1.38. The molecular formula is C10H13N3O4. The minimum absolute atomic E-state index is 0.114. The van der Waals surface area contributed by atoms with Crippen LogP contribution in [0.3, 0.4) is 0 Å². The number of H-pyrrole nitrogens is 1. The molecule has 1 aromatic heterocycles. The molecule has 1 rings (SSSR count). The molecule has 1 atom stereocenters. The van der Waals surface area contributed by atoms with Crippen molar-refractivity contribution in [1.29, 1.82) is 5.26 Å². The lowest BCUT2D eigenvalue weighted by Crippen LogP contribution is -2.35. The number of ether oxygens (including phenoxy) is 2. The Balaban J connectivity index is 3.03. The quantitative estimate of drug-likeness (QED) is 0.716. The molecule has 1 aromatic rings. The fourth-order valence-electron chi connectivity index (χ4n) is 1.33. The molecule has 0 aromatic carbocycles. The standard InChI is InChI=1S/C10H13N3O4/c1-16-6-8(17-2)5-13-4-7(3-11)9(14)12-10(13)15/h4,8H,5-6H2,1-2H3,(H,12,14,15). The molecule has 7 heteroatoms. The van der Waals surface area contributed by atoms with Gasteiger partial charge in [0.05, 0.1) is 19.3 Å². The van der Waals surface area contributed by atoms with Gasteiger partial charge in [0.1, 0.15) is 11.6 Å². The third-order valence-corrected chi connectivity index (χ3v) is 2.22. The largest absolute Gasteiger partial charge is 0.382 e. The average molecular weight is 239 g/mol. The fraction of sp³-hybridized carbons (Fsp3) is 0.500. The van der Waals surface area contributed by atoms with E-state index in [1.54, 1.807) is 6.07 Å². The number of methoxy groups -OCH3 is 2. The van der Waals surface area contributed by atoms with Gasteiger partial charge in [0.15, 0.2) is 0 Å². The zero-order valence-electron chi connectivity index (χ0n) is 9.60. The number of nitriles is 1. The fourth-order valence-corrected chi connectivity index (χ4v) is 1.33. The lowest BCUT2D eigenvalue weighted by atomic mass is 10.3. The van der Waals surface area contributed by atoms with E-state index in [9.17, 15) is 9.59 Å². The van der Waals surface area contributed by atoms with Crippen molar-refractivity contribution < 1.29 is 9.47 Å². The second-order valence-corrected chi connectivity index (χ2v) is 3.38. The summed E-state index contributed by atoms with van der Waals surface area (Å²) in [6, 6.07) is 1.71. The van der Waals surface area contributed by atoms with E-state index in [-0.39, 0.29) is 18.2 Å². The molecular weight excluding hydrogens is 226 g/mol. The van der Waals surface area contributed by atoms with Crippen molar-refractivity contribution in [2.24, 2.45) is 0 Å². The van der Waals surface area contributed by atoms with Gasteiger partial charge in [-0.1, -0.05) is 0 Å². The molecule has 0 aliphatic heterocycles. The van der Waals surface area contributed by atoms with Gasteiger partial charge in [-0.2, -0.15) is 5.26 Å². The highest BCUT2D eigenvalue weighted by atomic mass is 16.5. The van der Waals surface area contributed by atoms with Gasteiger partial charge in [0, 0.05) is 20.4 Å². The van der Waals surface area contributed by atoms with Crippen molar-refractivity contribution in [2.45, 2.75) is 12.6 Å². The van der Waals surface area contributed by atoms with Crippen molar-refractivity contribution in [2.75, 3.05) is 20.8 Å². The molecule has 0 amide bonds. The van der Waals surface area contributed by atoms with E-state index in [0.717, 1.165) is 0 Å². The summed E-state index contributed by atoms with van der Waals surface area (Å²) in [4.78, 5) is 24.7. The van der Waals surface area contributed by atoms with Crippen LogP contribution in [0.2, 0.25) is 0 Å². The van der Waals surface area contributed by atoms with Crippen molar-refractivity contribution in [3.8, 4) is 6.07 Å². The van der Waals surface area contributed by atoms with Crippen LogP contribution < -0.4 is 11.2 Å². The van der Waals surface area contributed by atoms with E-state index in [4.69, 9.17) is 14.7 Å². The second-order valence-electron chi connectivity index (χ2n) is 3.38. The third kappa shape index (κ3) is 3.27. The van der Waals surface area contributed by atoms with Crippen LogP contribution in [0.1, 0.15) is 5.56 Å². The van der Waals surface area contributed by atoms with Gasteiger partial charge in [0.25, 0.3) is 5.56 Å². The SMILES string of the molecule is COCC(Cn1cc(C#N)c(=O)[nH]c1=O)OC. The lowest BCUT2D eigenvalue weighted by Gasteiger charge is -2.15. The molecule has 1 heterocycles. The van der Waals surface area contributed by atoms with Crippen molar-refractivity contribution in [3.05, 3.63) is 32.6 Å². The maximum Gasteiger partial charge on any atom is 0.328 e. The molecule has 0 saturated heterocycles. The van der Waals surface area contributed by atoms with E-state index in [0.29, 0.717) is 6.61 Å². The zero-order valence-corrected chi connectivity index (χ0v) is 9.60. The van der Waals surface area contributed by atoms with Gasteiger partial charge in [0.2, 0.25) is 0 Å². The molecule has 1 N–H and O–H groups in total. The summed E-state index contributed by atoms with van der Waals surface area (Å²) >= 11 is 0. The van der Waals surface area contributed by atoms with Gasteiger partial charge in [-0.15, -0.1) is 0 Å². The van der Waals surface area contributed by atoms with E-state index >= 15 is 0 Å². The highest BCUT2D eigenvalue weighted by molar-refractivity contribution is 5.21. The number of nitrogens with zero attached hydrogens (tertiary/aromatic N) is 2. The molecule has 92 valence electrons. The van der Waals surface area contributed by atoms with Crippen LogP contribution in [0.5, 0.6) is 0 Å². The van der Waals surface area contributed by atoms with Gasteiger partial charge < -0.3 is 9.47 Å². The molecule has 0 fully saturated rings. The number of aromatic nitrogens is 2. The predicted octanol–water partition coefficient (Wildman–Crippen LogP) is -0.930. The average Bonchev–Trinajstić information content (AvgIpc) is 2.31. The summed E-state index contributed by atoms with van der Waals surface area (Å²) in [5.74, 6) is 0. The maximum atomic E-state index is 11.5. The Morgan fingerprint density at radius 2 is 2.24 bits per heavy atom. The number of hydrogen-bond donors (Lipinski definition) is 1. The van der Waals surface area contributed by atoms with Crippen LogP contribution in [-0.2, 0) is 16.0 Å². The summed E-state index contributed by atoms with van der Waals surface area (Å²) in [6.07, 6.45) is 0.887. The summed E-state index contributed by atoms with van der Waals surface area (Å²) in [7, 11) is 3.01. The number of aromatic amines is 1. The molecule has 0 saturated carbocycles. The molecule has 0 spiro atoms. The second kappa shape index (κ2) is 5.98. The van der Waals surface area contributed by atoms with E-state index in [1.807, 2.05) is 0 Å². The van der Waals surface area contributed by atoms with Gasteiger partial charge in [-0.3, -0.25) is 14.3 Å². The molecule has 7 nitrogen and oxygen atoms in total. The van der Waals surface area contributed by atoms with Gasteiger partial charge in [-0.05, 0) is 0 Å². The Labute approximate surface area is 97.2 Å². The lowest BCUT2D eigenvalue weighted by molar-refractivity contribution is 0.0175. The summed E-state index contributed by atoms with van der Waals surface area (Å²) in [6.45, 7) is 0.512. The minimum atomic E-state index is -0.686. The topological polar surface area (TPSA) is 97.1 Å². The number of hydrogen-bond acceptors (Lipinski definition) is 5. The van der Waals surface area contributed by atoms with Crippen LogP contribution in [0, 0.1) is 11.3 Å². The van der Waals surface area contributed by atoms with Crippen molar-refractivity contribution in [1.82, 2.24) is 9.55 Å². The van der Waals surface area contributed by atoms with E-state index in [2.05, 4.69) is 4.98 Å². The zero-order chi connectivity index (χ0) is 12.8. The van der Waals surface area contributed by atoms with Crippen LogP contribution in [-0.4, -0.2) is 36.5 Å². The first kappa shape index (κ1) is 13.2. The molecule has 1 unspecified atom stereocenters. The molecule has 0 bridgehead atoms. The maximum absolute atomic E-state index is 11.5. The van der Waals surface area contributed by atoms with Gasteiger partial charge in [-0.25, -0.2) is 4.79 Å². The Morgan fingerprint density at radius 1 is 1.53 bits per heavy atom. The molecule has 17 heavy (non-hydrogen) atoms. The highest BCUT2D eigenvalue weighted by Gasteiger charge is 2.11. The highest BCUT2D eigenvalue weighted by Crippen LogP contribution is 1.95. The third-order valence-electron chi connectivity index (χ3n) is 2.22. The van der Waals surface area contributed by atoms with Crippen LogP contribution in [0.15, 0.2) is 15.8 Å². The van der Waals surface area contributed by atoms with Crippen LogP contribution in [0.4, 0.5) is 0 Å². The first-order valence-electron chi connectivity index (χ1n) is 4.88. The molecule has 0 radical (unpaired) electrons. The Morgan fingerprint density at radius 3 is 2.76 bits per heavy atom. The van der Waals surface area contributed by atoms with Crippen molar-refractivity contribution in [3.63, 3.8) is 0 Å². The molecule has 0 aliphatic rings.